The SMILES string of the molecule is CN=C(NCCCn1nc(C)cc1C)NCC1CCCN(CC(C)C)C1. The van der Waals surface area contributed by atoms with E-state index in [1.54, 1.807) is 0 Å². The highest BCUT2D eigenvalue weighted by molar-refractivity contribution is 5.79. The minimum Gasteiger partial charge on any atom is -0.356 e. The van der Waals surface area contributed by atoms with Gasteiger partial charge in [-0.3, -0.25) is 9.67 Å². The highest BCUT2D eigenvalue weighted by Crippen LogP contribution is 2.16. The maximum atomic E-state index is 4.51. The van der Waals surface area contributed by atoms with E-state index in [0.29, 0.717) is 0 Å². The quantitative estimate of drug-likeness (QED) is 0.424. The van der Waals surface area contributed by atoms with E-state index in [4.69, 9.17) is 0 Å². The monoisotopic (exact) mass is 362 g/mol. The van der Waals surface area contributed by atoms with Gasteiger partial charge in [0.15, 0.2) is 5.96 Å². The van der Waals surface area contributed by atoms with Crippen LogP contribution in [0, 0.1) is 25.7 Å². The van der Waals surface area contributed by atoms with E-state index in [1.807, 2.05) is 14.0 Å². The van der Waals surface area contributed by atoms with E-state index in [2.05, 4.69) is 57.1 Å². The average Bonchev–Trinajstić information content (AvgIpc) is 2.91. The molecular weight excluding hydrogens is 324 g/mol. The Balaban J connectivity index is 1.65. The molecule has 0 aromatic carbocycles. The van der Waals surface area contributed by atoms with Gasteiger partial charge in [-0.15, -0.1) is 0 Å². The zero-order valence-electron chi connectivity index (χ0n) is 17.4. The minimum absolute atomic E-state index is 0.718. The van der Waals surface area contributed by atoms with Gasteiger partial charge < -0.3 is 15.5 Å². The van der Waals surface area contributed by atoms with Gasteiger partial charge in [-0.25, -0.2) is 0 Å². The van der Waals surface area contributed by atoms with Crippen LogP contribution in [0.3, 0.4) is 0 Å². The number of nitrogens with one attached hydrogen (secondary N) is 2. The maximum Gasteiger partial charge on any atom is 0.190 e. The van der Waals surface area contributed by atoms with Crippen LogP contribution in [0.25, 0.3) is 0 Å². The molecule has 6 heteroatoms. The summed E-state index contributed by atoms with van der Waals surface area (Å²) in [4.78, 5) is 6.98. The molecule has 148 valence electrons. The molecule has 1 saturated heterocycles. The van der Waals surface area contributed by atoms with Crippen molar-refractivity contribution in [2.75, 3.05) is 39.8 Å². The molecule has 1 unspecified atom stereocenters. The molecule has 0 bridgehead atoms. The van der Waals surface area contributed by atoms with Gasteiger partial charge in [0.1, 0.15) is 0 Å². The highest BCUT2D eigenvalue weighted by atomic mass is 15.3. The molecule has 0 radical (unpaired) electrons. The summed E-state index contributed by atoms with van der Waals surface area (Å²) in [5.74, 6) is 2.38. The topological polar surface area (TPSA) is 57.5 Å². The first-order valence-electron chi connectivity index (χ1n) is 10.2. The summed E-state index contributed by atoms with van der Waals surface area (Å²) in [6.07, 6.45) is 3.67. The summed E-state index contributed by atoms with van der Waals surface area (Å²) in [7, 11) is 1.85. The van der Waals surface area contributed by atoms with Crippen LogP contribution in [-0.2, 0) is 6.54 Å². The Hall–Kier alpha value is -1.56. The number of nitrogens with zero attached hydrogens (tertiary/aromatic N) is 4. The Kier molecular flexibility index (Phi) is 8.42. The minimum atomic E-state index is 0.718. The maximum absolute atomic E-state index is 4.51. The Bertz CT molecular complexity index is 563. The summed E-state index contributed by atoms with van der Waals surface area (Å²) in [5, 5.41) is 11.5. The lowest BCUT2D eigenvalue weighted by molar-refractivity contribution is 0.159. The van der Waals surface area contributed by atoms with E-state index in [1.165, 1.54) is 38.2 Å². The fourth-order valence-electron chi connectivity index (χ4n) is 3.80. The number of aliphatic imine (C=N–C) groups is 1. The second-order valence-electron chi connectivity index (χ2n) is 8.05. The third-order valence-corrected chi connectivity index (χ3v) is 4.95. The van der Waals surface area contributed by atoms with Crippen LogP contribution in [0.15, 0.2) is 11.1 Å². The van der Waals surface area contributed by atoms with E-state index in [9.17, 15) is 0 Å². The Morgan fingerprint density at radius 2 is 2.15 bits per heavy atom. The Morgan fingerprint density at radius 1 is 1.35 bits per heavy atom. The van der Waals surface area contributed by atoms with Crippen molar-refractivity contribution in [3.63, 3.8) is 0 Å². The molecule has 0 aliphatic carbocycles. The third kappa shape index (κ3) is 6.98. The van der Waals surface area contributed by atoms with Crippen molar-refractivity contribution in [1.82, 2.24) is 25.3 Å². The first-order chi connectivity index (χ1) is 12.5. The fraction of sp³-hybridized carbons (Fsp3) is 0.800. The van der Waals surface area contributed by atoms with Gasteiger partial charge in [0, 0.05) is 45.5 Å². The van der Waals surface area contributed by atoms with Crippen molar-refractivity contribution in [3.8, 4) is 0 Å². The van der Waals surface area contributed by atoms with Crippen molar-refractivity contribution in [2.45, 2.75) is 53.5 Å². The van der Waals surface area contributed by atoms with Crippen LogP contribution in [0.1, 0.15) is 44.5 Å². The predicted molar refractivity (Wildman–Crippen MR) is 110 cm³/mol. The zero-order chi connectivity index (χ0) is 18.9. The van der Waals surface area contributed by atoms with Crippen LogP contribution in [0.4, 0.5) is 0 Å². The number of likely N-dealkylation sites (tertiary alicyclic amines) is 1. The second kappa shape index (κ2) is 10.6. The first-order valence-corrected chi connectivity index (χ1v) is 10.2. The van der Waals surface area contributed by atoms with Gasteiger partial charge in [0.2, 0.25) is 0 Å². The van der Waals surface area contributed by atoms with Gasteiger partial charge in [-0.2, -0.15) is 5.10 Å². The lowest BCUT2D eigenvalue weighted by Crippen LogP contribution is -2.45. The lowest BCUT2D eigenvalue weighted by Gasteiger charge is -2.34. The number of aromatic nitrogens is 2. The molecule has 6 nitrogen and oxygen atoms in total. The van der Waals surface area contributed by atoms with Crippen molar-refractivity contribution in [3.05, 3.63) is 17.5 Å². The van der Waals surface area contributed by atoms with Crippen molar-refractivity contribution >= 4 is 5.96 Å². The van der Waals surface area contributed by atoms with E-state index in [0.717, 1.165) is 49.5 Å². The van der Waals surface area contributed by atoms with Gasteiger partial charge in [0.05, 0.1) is 5.69 Å². The smallest absolute Gasteiger partial charge is 0.190 e. The molecule has 2 N–H and O–H groups in total. The van der Waals surface area contributed by atoms with Crippen LogP contribution in [0.2, 0.25) is 0 Å². The number of guanidine groups is 1. The van der Waals surface area contributed by atoms with Gasteiger partial charge >= 0.3 is 0 Å². The molecule has 26 heavy (non-hydrogen) atoms. The number of rotatable bonds is 8. The van der Waals surface area contributed by atoms with Crippen molar-refractivity contribution < 1.29 is 0 Å². The summed E-state index contributed by atoms with van der Waals surface area (Å²) < 4.78 is 2.08. The normalized spacial score (nSPS) is 19.2. The number of hydrogen-bond acceptors (Lipinski definition) is 3. The molecule has 1 aromatic heterocycles. The number of piperidine rings is 1. The zero-order valence-corrected chi connectivity index (χ0v) is 17.4. The average molecular weight is 363 g/mol. The van der Waals surface area contributed by atoms with Crippen molar-refractivity contribution in [1.29, 1.82) is 0 Å². The van der Waals surface area contributed by atoms with E-state index in [-0.39, 0.29) is 0 Å². The second-order valence-corrected chi connectivity index (χ2v) is 8.05. The largest absolute Gasteiger partial charge is 0.356 e. The molecule has 1 atom stereocenters. The Labute approximate surface area is 159 Å². The van der Waals surface area contributed by atoms with Crippen LogP contribution < -0.4 is 10.6 Å². The predicted octanol–water partition coefficient (Wildman–Crippen LogP) is 2.42. The molecule has 1 aromatic rings. The molecule has 1 fully saturated rings. The number of hydrogen-bond donors (Lipinski definition) is 2. The third-order valence-electron chi connectivity index (χ3n) is 4.95. The molecule has 2 heterocycles. The molecule has 2 rings (SSSR count). The molecule has 0 spiro atoms. The van der Waals surface area contributed by atoms with Crippen LogP contribution in [-0.4, -0.2) is 60.4 Å². The van der Waals surface area contributed by atoms with E-state index < -0.39 is 0 Å². The molecule has 0 saturated carbocycles. The van der Waals surface area contributed by atoms with E-state index >= 15 is 0 Å². The van der Waals surface area contributed by atoms with Crippen molar-refractivity contribution in [2.24, 2.45) is 16.8 Å². The summed E-state index contributed by atoms with van der Waals surface area (Å²) in [6, 6.07) is 2.13. The fourth-order valence-corrected chi connectivity index (χ4v) is 3.80. The summed E-state index contributed by atoms with van der Waals surface area (Å²) in [6.45, 7) is 15.3. The summed E-state index contributed by atoms with van der Waals surface area (Å²) >= 11 is 0. The summed E-state index contributed by atoms with van der Waals surface area (Å²) in [5.41, 5.74) is 2.32. The standard InChI is InChI=1S/C20H38N6/c1-16(2)14-25-10-6-8-19(15-25)13-23-20(21-5)22-9-7-11-26-18(4)12-17(3)24-26/h12,16,19H,6-11,13-15H2,1-5H3,(H2,21,22,23). The highest BCUT2D eigenvalue weighted by Gasteiger charge is 2.20. The molecule has 1 aliphatic heterocycles. The van der Waals surface area contributed by atoms with Crippen LogP contribution in [0.5, 0.6) is 0 Å². The Morgan fingerprint density at radius 3 is 2.81 bits per heavy atom. The lowest BCUT2D eigenvalue weighted by atomic mass is 9.97. The number of aryl methyl sites for hydroxylation is 3. The molecular formula is C20H38N6. The van der Waals surface area contributed by atoms with Gasteiger partial charge in [-0.05, 0) is 57.6 Å². The van der Waals surface area contributed by atoms with Crippen LogP contribution >= 0.6 is 0 Å². The van der Waals surface area contributed by atoms with Gasteiger partial charge in [0.25, 0.3) is 0 Å². The first kappa shape index (κ1) is 20.7. The molecule has 0 amide bonds. The molecule has 1 aliphatic rings. The van der Waals surface area contributed by atoms with Gasteiger partial charge in [-0.1, -0.05) is 13.8 Å².